The van der Waals surface area contributed by atoms with Gasteiger partial charge in [-0.25, -0.2) is 0 Å². The maximum absolute atomic E-state index is 13.1. The highest BCUT2D eigenvalue weighted by Crippen LogP contribution is 2.28. The SMILES string of the molecule is COCC(C)n1c(C)c(C(=O)NCc2c(OC)cc(C)[nH]c2=O)c2ccncc21. The number of carbonyl (C=O) groups is 1. The molecule has 1 amide bonds. The normalized spacial score (nSPS) is 12.2. The van der Waals surface area contributed by atoms with Crippen molar-refractivity contribution in [3.63, 3.8) is 0 Å². The third-order valence-corrected chi connectivity index (χ3v) is 5.00. The number of aromatic amines is 1. The topological polar surface area (TPSA) is 98.2 Å². The number of ether oxygens (including phenoxy) is 2. The first-order valence-electron chi connectivity index (χ1n) is 9.37. The Balaban J connectivity index is 1.97. The molecule has 8 nitrogen and oxygen atoms in total. The maximum atomic E-state index is 13.1. The molecule has 0 radical (unpaired) electrons. The van der Waals surface area contributed by atoms with E-state index in [1.54, 1.807) is 32.5 Å². The number of aromatic nitrogens is 3. The van der Waals surface area contributed by atoms with Crippen molar-refractivity contribution in [1.82, 2.24) is 19.9 Å². The number of aryl methyl sites for hydroxylation is 1. The number of hydrogen-bond acceptors (Lipinski definition) is 5. The largest absolute Gasteiger partial charge is 0.496 e. The molecule has 0 saturated carbocycles. The van der Waals surface area contributed by atoms with E-state index in [-0.39, 0.29) is 24.1 Å². The first kappa shape index (κ1) is 20.6. The van der Waals surface area contributed by atoms with Gasteiger partial charge in [0.2, 0.25) is 0 Å². The number of pyridine rings is 2. The molecule has 1 atom stereocenters. The molecule has 3 aromatic rings. The number of H-pyrrole nitrogens is 1. The predicted molar refractivity (Wildman–Crippen MR) is 111 cm³/mol. The van der Waals surface area contributed by atoms with E-state index in [4.69, 9.17) is 9.47 Å². The Hall–Kier alpha value is -3.13. The summed E-state index contributed by atoms with van der Waals surface area (Å²) >= 11 is 0. The van der Waals surface area contributed by atoms with Crippen LogP contribution in [0.25, 0.3) is 10.9 Å². The number of nitrogens with zero attached hydrogens (tertiary/aromatic N) is 2. The van der Waals surface area contributed by atoms with Crippen molar-refractivity contribution in [2.75, 3.05) is 20.8 Å². The van der Waals surface area contributed by atoms with Gasteiger partial charge >= 0.3 is 0 Å². The number of hydrogen-bond donors (Lipinski definition) is 2. The Morgan fingerprint density at radius 3 is 2.79 bits per heavy atom. The Kier molecular flexibility index (Phi) is 6.03. The number of rotatable bonds is 7. The zero-order valence-electron chi connectivity index (χ0n) is 17.3. The summed E-state index contributed by atoms with van der Waals surface area (Å²) in [6.07, 6.45) is 3.41. The van der Waals surface area contributed by atoms with Crippen molar-refractivity contribution in [3.8, 4) is 5.75 Å². The standard InChI is InChI=1S/C21H26N4O4/c1-12-8-18(29-5)16(20(26)24-12)9-23-21(27)19-14(3)25(13(2)11-28-4)17-10-22-7-6-15(17)19/h6-8,10,13H,9,11H2,1-5H3,(H,23,27)(H,24,26). The summed E-state index contributed by atoms with van der Waals surface area (Å²) < 4.78 is 12.7. The van der Waals surface area contributed by atoms with Crippen molar-refractivity contribution in [1.29, 1.82) is 0 Å². The van der Waals surface area contributed by atoms with Gasteiger partial charge in [-0.2, -0.15) is 0 Å². The summed E-state index contributed by atoms with van der Waals surface area (Å²) in [5.74, 6) is 0.188. The molecule has 154 valence electrons. The van der Waals surface area contributed by atoms with Crippen molar-refractivity contribution in [3.05, 3.63) is 57.4 Å². The van der Waals surface area contributed by atoms with Crippen LogP contribution in [0.4, 0.5) is 0 Å². The quantitative estimate of drug-likeness (QED) is 0.637. The van der Waals surface area contributed by atoms with Gasteiger partial charge < -0.3 is 24.3 Å². The molecule has 8 heteroatoms. The molecule has 3 aromatic heterocycles. The molecule has 3 rings (SSSR count). The van der Waals surface area contributed by atoms with E-state index in [0.29, 0.717) is 29.2 Å². The molecular weight excluding hydrogens is 372 g/mol. The fourth-order valence-electron chi connectivity index (χ4n) is 3.75. The summed E-state index contributed by atoms with van der Waals surface area (Å²) in [5.41, 5.74) is 3.04. The van der Waals surface area contributed by atoms with Gasteiger partial charge in [-0.15, -0.1) is 0 Å². The Morgan fingerprint density at radius 1 is 1.34 bits per heavy atom. The zero-order valence-corrected chi connectivity index (χ0v) is 17.3. The Morgan fingerprint density at radius 2 is 2.10 bits per heavy atom. The van der Waals surface area contributed by atoms with E-state index in [1.807, 2.05) is 19.9 Å². The molecule has 0 aliphatic rings. The summed E-state index contributed by atoms with van der Waals surface area (Å²) in [6.45, 7) is 6.28. The Labute approximate surface area is 168 Å². The number of nitrogens with one attached hydrogen (secondary N) is 2. The monoisotopic (exact) mass is 398 g/mol. The van der Waals surface area contributed by atoms with Gasteiger partial charge in [0.25, 0.3) is 11.5 Å². The second-order valence-corrected chi connectivity index (χ2v) is 7.04. The van der Waals surface area contributed by atoms with E-state index < -0.39 is 0 Å². The van der Waals surface area contributed by atoms with E-state index in [1.165, 1.54) is 7.11 Å². The molecule has 0 spiro atoms. The van der Waals surface area contributed by atoms with E-state index >= 15 is 0 Å². The first-order chi connectivity index (χ1) is 13.9. The van der Waals surface area contributed by atoms with Crippen LogP contribution in [-0.2, 0) is 11.3 Å². The highest BCUT2D eigenvalue weighted by atomic mass is 16.5. The minimum absolute atomic E-state index is 0.0355. The maximum Gasteiger partial charge on any atom is 0.256 e. The van der Waals surface area contributed by atoms with Crippen molar-refractivity contribution in [2.45, 2.75) is 33.4 Å². The molecule has 0 saturated heterocycles. The third-order valence-electron chi connectivity index (χ3n) is 5.00. The molecule has 3 heterocycles. The lowest BCUT2D eigenvalue weighted by atomic mass is 10.1. The molecule has 0 bridgehead atoms. The molecule has 2 N–H and O–H groups in total. The van der Waals surface area contributed by atoms with Gasteiger partial charge in [0.15, 0.2) is 0 Å². The zero-order chi connectivity index (χ0) is 21.1. The lowest BCUT2D eigenvalue weighted by Crippen LogP contribution is -2.28. The second-order valence-electron chi connectivity index (χ2n) is 7.04. The molecule has 1 unspecified atom stereocenters. The van der Waals surface area contributed by atoms with Gasteiger partial charge in [-0.3, -0.25) is 14.6 Å². The molecule has 0 aliphatic heterocycles. The fourth-order valence-corrected chi connectivity index (χ4v) is 3.75. The lowest BCUT2D eigenvalue weighted by molar-refractivity contribution is 0.0951. The summed E-state index contributed by atoms with van der Waals surface area (Å²) in [5, 5.41) is 3.67. The van der Waals surface area contributed by atoms with Crippen LogP contribution in [0.15, 0.2) is 29.3 Å². The highest BCUT2D eigenvalue weighted by molar-refractivity contribution is 6.08. The van der Waals surface area contributed by atoms with Crippen molar-refractivity contribution < 1.29 is 14.3 Å². The number of carbonyl (C=O) groups excluding carboxylic acids is 1. The summed E-state index contributed by atoms with van der Waals surface area (Å²) in [4.78, 5) is 32.3. The van der Waals surface area contributed by atoms with Crippen LogP contribution in [0.3, 0.4) is 0 Å². The van der Waals surface area contributed by atoms with Crippen molar-refractivity contribution in [2.24, 2.45) is 0 Å². The third kappa shape index (κ3) is 3.88. The van der Waals surface area contributed by atoms with E-state index in [9.17, 15) is 9.59 Å². The molecule has 0 aromatic carbocycles. The van der Waals surface area contributed by atoms with Crippen LogP contribution < -0.4 is 15.6 Å². The van der Waals surface area contributed by atoms with Gasteiger partial charge in [0.05, 0.1) is 49.1 Å². The lowest BCUT2D eigenvalue weighted by Gasteiger charge is -2.16. The molecular formula is C21H26N4O4. The van der Waals surface area contributed by atoms with E-state index in [2.05, 4.69) is 19.9 Å². The van der Waals surface area contributed by atoms with Gasteiger partial charge in [0, 0.05) is 30.1 Å². The number of fused-ring (bicyclic) bond motifs is 1. The summed E-state index contributed by atoms with van der Waals surface area (Å²) in [6, 6.07) is 3.60. The molecule has 0 aliphatic carbocycles. The van der Waals surface area contributed by atoms with Crippen LogP contribution in [0, 0.1) is 13.8 Å². The van der Waals surface area contributed by atoms with E-state index in [0.717, 1.165) is 16.6 Å². The Bertz CT molecular complexity index is 1100. The minimum atomic E-state index is -0.279. The smallest absolute Gasteiger partial charge is 0.256 e. The minimum Gasteiger partial charge on any atom is -0.496 e. The first-order valence-corrected chi connectivity index (χ1v) is 9.37. The van der Waals surface area contributed by atoms with Crippen LogP contribution in [0.5, 0.6) is 5.75 Å². The average Bonchev–Trinajstić information content (AvgIpc) is 2.98. The van der Waals surface area contributed by atoms with Crippen LogP contribution in [-0.4, -0.2) is 41.3 Å². The second kappa shape index (κ2) is 8.48. The fraction of sp³-hybridized carbons (Fsp3) is 0.381. The van der Waals surface area contributed by atoms with Crippen LogP contribution in [0.1, 0.15) is 40.3 Å². The number of amides is 1. The van der Waals surface area contributed by atoms with Gasteiger partial charge in [-0.1, -0.05) is 0 Å². The summed E-state index contributed by atoms with van der Waals surface area (Å²) in [7, 11) is 3.15. The van der Waals surface area contributed by atoms with Gasteiger partial charge in [-0.05, 0) is 32.9 Å². The highest BCUT2D eigenvalue weighted by Gasteiger charge is 2.23. The molecule has 0 fully saturated rings. The van der Waals surface area contributed by atoms with Crippen LogP contribution in [0.2, 0.25) is 0 Å². The van der Waals surface area contributed by atoms with Crippen molar-refractivity contribution >= 4 is 16.8 Å². The predicted octanol–water partition coefficient (Wildman–Crippen LogP) is 2.49. The van der Waals surface area contributed by atoms with Crippen LogP contribution >= 0.6 is 0 Å². The van der Waals surface area contributed by atoms with Gasteiger partial charge in [0.1, 0.15) is 5.75 Å². The number of methoxy groups -OCH3 is 2. The average molecular weight is 398 g/mol. The molecule has 29 heavy (non-hydrogen) atoms.